The number of likely N-dealkylation sites (tertiary alicyclic amines) is 1. The number of unbranched alkanes of at least 4 members (excludes halogenated alkanes) is 1. The van der Waals surface area contributed by atoms with Gasteiger partial charge < -0.3 is 46.5 Å². The molecule has 4 aliphatic rings. The summed E-state index contributed by atoms with van der Waals surface area (Å²) < 4.78 is 12.2. The number of thiazole rings is 1. The summed E-state index contributed by atoms with van der Waals surface area (Å²) in [5, 5.41) is 22.5. The van der Waals surface area contributed by atoms with E-state index < -0.39 is 77.6 Å². The van der Waals surface area contributed by atoms with Gasteiger partial charge in [-0.1, -0.05) is 136 Å². The number of aliphatic hydroxyl groups excluding tert-OH is 1. The molecule has 0 unspecified atom stereocenters. The maximum Gasteiger partial charge on any atom is 0.407 e. The molecule has 1 aliphatic carbocycles. The molecule has 6 aromatic rings. The number of para-hydroxylation sites is 1. The van der Waals surface area contributed by atoms with Crippen molar-refractivity contribution >= 4 is 58.6 Å². The maximum absolute atomic E-state index is 14.6. The van der Waals surface area contributed by atoms with Crippen LogP contribution >= 0.6 is 11.3 Å². The van der Waals surface area contributed by atoms with Crippen molar-refractivity contribution in [3.63, 3.8) is 0 Å². The molecule has 1 fully saturated rings. The van der Waals surface area contributed by atoms with E-state index in [1.807, 2.05) is 143 Å². The van der Waals surface area contributed by atoms with Crippen LogP contribution in [0.3, 0.4) is 0 Å². The number of primary amides is 1. The number of ether oxygens (including phenoxy) is 2. The number of anilines is 1. The molecule has 5 aromatic carbocycles. The highest BCUT2D eigenvalue weighted by molar-refractivity contribution is 7.13. The van der Waals surface area contributed by atoms with Gasteiger partial charge in [0.15, 0.2) is 0 Å². The third kappa shape index (κ3) is 14.5. The number of β-amino-alcohol motifs (C(OH)–C–C–N with tert-alkyl or cyclic N) is 1. The number of rotatable bonds is 21. The summed E-state index contributed by atoms with van der Waals surface area (Å²) >= 11 is 1.57. The number of nitrogens with two attached hydrogens (primary N) is 1. The minimum atomic E-state index is -0.960. The van der Waals surface area contributed by atoms with Crippen LogP contribution in [0.5, 0.6) is 0 Å². The van der Waals surface area contributed by atoms with E-state index in [4.69, 9.17) is 15.2 Å². The number of aryl methyl sites for hydroxylation is 2. The van der Waals surface area contributed by atoms with Crippen molar-refractivity contribution in [2.45, 2.75) is 154 Å². The molecule has 4 heterocycles. The average Bonchev–Trinajstić information content (AvgIpc) is 2.01. The number of amides is 7. The van der Waals surface area contributed by atoms with Crippen LogP contribution in [0.25, 0.3) is 21.6 Å². The summed E-state index contributed by atoms with van der Waals surface area (Å²) in [6.07, 6.45) is 0.0811. The molecule has 7 atom stereocenters. The van der Waals surface area contributed by atoms with E-state index in [2.05, 4.69) is 50.2 Å². The van der Waals surface area contributed by atoms with E-state index >= 15 is 0 Å². The Morgan fingerprint density at radius 2 is 1.53 bits per heavy atom. The Morgan fingerprint density at radius 3 is 2.22 bits per heavy atom. The number of nitrogens with zero attached hydrogens (tertiary/aromatic N) is 3. The van der Waals surface area contributed by atoms with Crippen LogP contribution in [-0.2, 0) is 64.2 Å². The van der Waals surface area contributed by atoms with Gasteiger partial charge in [-0.15, -0.1) is 11.3 Å². The molecular weight excluding hydrogens is 1130 g/mol. The first-order valence-corrected chi connectivity index (χ1v) is 31.1. The lowest BCUT2D eigenvalue weighted by molar-refractivity contribution is -0.144. The summed E-state index contributed by atoms with van der Waals surface area (Å²) in [6.45, 7) is 9.79. The van der Waals surface area contributed by atoms with Gasteiger partial charge in [0.2, 0.25) is 35.4 Å². The van der Waals surface area contributed by atoms with Gasteiger partial charge in [0, 0.05) is 56.7 Å². The first kappa shape index (κ1) is 62.4. The van der Waals surface area contributed by atoms with E-state index in [9.17, 15) is 38.7 Å². The summed E-state index contributed by atoms with van der Waals surface area (Å²) in [7, 11) is 0. The number of hydrogen-bond acceptors (Lipinski definition) is 12. The Hall–Kier alpha value is -8.70. The average molecular weight is 1210 g/mol. The van der Waals surface area contributed by atoms with Crippen molar-refractivity contribution in [3.8, 4) is 33.4 Å². The fourth-order valence-corrected chi connectivity index (χ4v) is 13.1. The second-order valence-electron chi connectivity index (χ2n) is 24.3. The smallest absolute Gasteiger partial charge is 0.407 e. The van der Waals surface area contributed by atoms with Gasteiger partial charge in [-0.3, -0.25) is 33.7 Å². The molecule has 7 N–H and O–H groups in total. The van der Waals surface area contributed by atoms with Gasteiger partial charge in [-0.05, 0) is 107 Å². The molecular formula is C69H76N8O10S. The Balaban J connectivity index is 0.688. The quantitative estimate of drug-likeness (QED) is 0.0298. The number of aliphatic hydroxyl groups is 1. The minimum Gasteiger partial charge on any atom is -0.449 e. The highest BCUT2D eigenvalue weighted by Crippen LogP contribution is 2.45. The molecule has 7 amide bonds. The minimum absolute atomic E-state index is 0.0168. The first-order chi connectivity index (χ1) is 42.3. The normalized spacial score (nSPS) is 18.5. The number of fused-ring (bicyclic) bond motifs is 3. The topological polar surface area (TPSA) is 252 Å². The molecule has 458 valence electrons. The number of carbonyl (C=O) groups is 7. The SMILES string of the molecule is Cc1ncsc1-c1ccc(CNC(=O)[C@@H]2C[C@@H](O)CN2C(=O)[C@@H](NC(=O)CCCC#Cc2ccc(CO[C@H](C)[C@H](CCC(N)=O)NC(=O)[C@@H]3Cc4cccc5c4N3C(=O)[C@@H](NC(=O)OCC3c4ccccc4-c4ccccc43)CC5)cc2)C(C)(C)C)cc1. The van der Waals surface area contributed by atoms with Crippen molar-refractivity contribution in [1.82, 2.24) is 31.2 Å². The van der Waals surface area contributed by atoms with Crippen LogP contribution in [0.4, 0.5) is 10.5 Å². The number of nitrogens with one attached hydrogen (secondary N) is 4. The van der Waals surface area contributed by atoms with E-state index in [0.29, 0.717) is 31.4 Å². The molecule has 0 radical (unpaired) electrons. The van der Waals surface area contributed by atoms with Gasteiger partial charge in [0.05, 0.1) is 46.6 Å². The van der Waals surface area contributed by atoms with Gasteiger partial charge in [-0.2, -0.15) is 0 Å². The summed E-state index contributed by atoms with van der Waals surface area (Å²) in [5.41, 5.74) is 17.9. The van der Waals surface area contributed by atoms with E-state index in [0.717, 1.165) is 66.2 Å². The predicted molar refractivity (Wildman–Crippen MR) is 335 cm³/mol. The molecule has 10 rings (SSSR count). The summed E-state index contributed by atoms with van der Waals surface area (Å²) in [5.74, 6) is 3.61. The lowest BCUT2D eigenvalue weighted by Gasteiger charge is -2.35. The lowest BCUT2D eigenvalue weighted by atomic mass is 9.85. The Kier molecular flexibility index (Phi) is 19.5. The molecule has 3 aliphatic heterocycles. The Morgan fingerprint density at radius 1 is 0.841 bits per heavy atom. The molecule has 0 spiro atoms. The zero-order valence-corrected chi connectivity index (χ0v) is 51.1. The fraction of sp³-hybridized carbons (Fsp3) is 0.391. The van der Waals surface area contributed by atoms with Crippen molar-refractivity contribution in [2.24, 2.45) is 11.1 Å². The van der Waals surface area contributed by atoms with Crippen molar-refractivity contribution in [3.05, 3.63) is 165 Å². The van der Waals surface area contributed by atoms with E-state index in [1.54, 1.807) is 11.3 Å². The zero-order chi connectivity index (χ0) is 62.2. The molecule has 1 aromatic heterocycles. The van der Waals surface area contributed by atoms with Crippen molar-refractivity contribution in [1.29, 1.82) is 0 Å². The van der Waals surface area contributed by atoms with Gasteiger partial charge in [-0.25, -0.2) is 9.78 Å². The van der Waals surface area contributed by atoms with Gasteiger partial charge in [0.1, 0.15) is 30.8 Å². The number of aromatic nitrogens is 1. The lowest BCUT2D eigenvalue weighted by Crippen LogP contribution is -2.57. The molecule has 88 heavy (non-hydrogen) atoms. The van der Waals surface area contributed by atoms with Crippen molar-refractivity contribution < 1.29 is 48.1 Å². The molecule has 19 heteroatoms. The van der Waals surface area contributed by atoms with Gasteiger partial charge in [0.25, 0.3) is 0 Å². The standard InChI is InChI=1S/C69H76N8O10S/c1-41-62(88-40-72-41)47-28-26-44(27-29-47)36-71-64(81)57-35-49(78)37-76(57)67(84)63(69(3,4)5)75-60(80)21-8-6-7-14-43-22-24-45(25-23-43)38-86-42(2)55(32-33-59(70)79)73-65(82)58-34-48-16-13-15-46-30-31-56(66(83)77(58)61(46)48)74-68(85)87-39-54-52-19-11-9-17-50(52)51-18-10-12-20-53(51)54/h9-13,15-20,22-29,40,42,49,54-58,63,78H,6,8,21,30-39H2,1-5H3,(H2,70,79)(H,71,81)(H,73,82)(H,74,85)(H,75,80)/t42-,49-,55+,56+,57+,58+,63-/m1/s1. The molecule has 0 saturated carbocycles. The van der Waals surface area contributed by atoms with Gasteiger partial charge >= 0.3 is 6.09 Å². The number of alkyl carbamates (subject to hydrolysis) is 1. The number of carbonyl (C=O) groups excluding carboxylic acids is 7. The molecule has 1 saturated heterocycles. The highest BCUT2D eigenvalue weighted by Gasteiger charge is 2.46. The van der Waals surface area contributed by atoms with Crippen LogP contribution < -0.4 is 31.9 Å². The first-order valence-electron chi connectivity index (χ1n) is 30.2. The largest absolute Gasteiger partial charge is 0.449 e. The maximum atomic E-state index is 14.6. The fourth-order valence-electron chi connectivity index (χ4n) is 12.3. The second-order valence-corrected chi connectivity index (χ2v) is 25.2. The molecule has 18 nitrogen and oxygen atoms in total. The van der Waals surface area contributed by atoms with Crippen LogP contribution in [0, 0.1) is 24.2 Å². The zero-order valence-electron chi connectivity index (χ0n) is 50.3. The number of hydrogen-bond donors (Lipinski definition) is 6. The van der Waals surface area contributed by atoms with Crippen molar-refractivity contribution in [2.75, 3.05) is 18.1 Å². The van der Waals surface area contributed by atoms with E-state index in [-0.39, 0.29) is 76.1 Å². The predicted octanol–water partition coefficient (Wildman–Crippen LogP) is 7.92. The van der Waals surface area contributed by atoms with Crippen LogP contribution in [-0.4, -0.2) is 112 Å². The van der Waals surface area contributed by atoms with Crippen LogP contribution in [0.15, 0.2) is 121 Å². The summed E-state index contributed by atoms with van der Waals surface area (Å²) in [6, 6.07) is 32.8. The summed E-state index contributed by atoms with van der Waals surface area (Å²) in [4.78, 5) is 104. The highest BCUT2D eigenvalue weighted by atomic mass is 32.1. The monoisotopic (exact) mass is 1210 g/mol. The van der Waals surface area contributed by atoms with Crippen LogP contribution in [0.1, 0.15) is 123 Å². The molecule has 0 bridgehead atoms. The van der Waals surface area contributed by atoms with E-state index in [1.165, 1.54) is 9.80 Å². The second kappa shape index (κ2) is 27.6. The Bertz CT molecular complexity index is 3600. The third-order valence-electron chi connectivity index (χ3n) is 17.1. The Labute approximate surface area is 517 Å². The number of benzene rings is 5. The van der Waals surface area contributed by atoms with Crippen LogP contribution in [0.2, 0.25) is 0 Å². The third-order valence-corrected chi connectivity index (χ3v) is 18.0.